The van der Waals surface area contributed by atoms with Gasteiger partial charge in [-0.1, -0.05) is 12.5 Å². The van der Waals surface area contributed by atoms with Crippen LogP contribution >= 0.6 is 0 Å². The van der Waals surface area contributed by atoms with Crippen LogP contribution in [-0.4, -0.2) is 24.6 Å². The van der Waals surface area contributed by atoms with Gasteiger partial charge in [-0.15, -0.1) is 0 Å². The zero-order valence-corrected chi connectivity index (χ0v) is 9.78. The van der Waals surface area contributed by atoms with Gasteiger partial charge in [0.1, 0.15) is 12.6 Å². The molecule has 17 heavy (non-hydrogen) atoms. The molecule has 0 aromatic carbocycles. The Kier molecular flexibility index (Phi) is 6.09. The van der Waals surface area contributed by atoms with E-state index < -0.39 is 12.0 Å². The summed E-state index contributed by atoms with van der Waals surface area (Å²) in [6, 6.07) is 0. The van der Waals surface area contributed by atoms with Crippen molar-refractivity contribution in [2.45, 2.75) is 38.2 Å². The number of amides is 2. The van der Waals surface area contributed by atoms with E-state index in [1.54, 1.807) is 0 Å². The standard InChI is InChI=1S/C11H19N3O3/c12-14-10(15)8-13-11(16)17-9-6-4-2-1-3-5-7-9/h4,6,9H,1-3,5,7-8,12H2,(H,13,16)(H,14,15)/b6-4+. The molecule has 0 radical (unpaired) electrons. The van der Waals surface area contributed by atoms with Gasteiger partial charge in [0.25, 0.3) is 5.91 Å². The third-order valence-electron chi connectivity index (χ3n) is 2.52. The van der Waals surface area contributed by atoms with E-state index in [-0.39, 0.29) is 12.6 Å². The van der Waals surface area contributed by atoms with E-state index in [1.807, 2.05) is 17.6 Å². The fourth-order valence-electron chi connectivity index (χ4n) is 1.61. The van der Waals surface area contributed by atoms with Gasteiger partial charge in [0.2, 0.25) is 0 Å². The van der Waals surface area contributed by atoms with Gasteiger partial charge in [0.15, 0.2) is 0 Å². The highest BCUT2D eigenvalue weighted by molar-refractivity contribution is 5.81. The molecule has 1 rings (SSSR count). The van der Waals surface area contributed by atoms with Gasteiger partial charge in [-0.2, -0.15) is 0 Å². The minimum absolute atomic E-state index is 0.175. The van der Waals surface area contributed by atoms with Gasteiger partial charge >= 0.3 is 6.09 Å². The van der Waals surface area contributed by atoms with E-state index in [1.165, 1.54) is 6.42 Å². The SMILES string of the molecule is NNC(=O)CNC(=O)OC1/C=C/CCCCC1. The molecule has 1 aliphatic carbocycles. The maximum Gasteiger partial charge on any atom is 0.408 e. The molecule has 96 valence electrons. The predicted molar refractivity (Wildman–Crippen MR) is 62.8 cm³/mol. The number of rotatable bonds is 3. The molecule has 0 saturated heterocycles. The molecular weight excluding hydrogens is 222 g/mol. The van der Waals surface area contributed by atoms with E-state index in [9.17, 15) is 9.59 Å². The summed E-state index contributed by atoms with van der Waals surface area (Å²) in [5.74, 6) is 4.41. The number of carbonyl (C=O) groups is 2. The molecule has 6 heteroatoms. The number of nitrogens with two attached hydrogens (primary N) is 1. The first-order valence-electron chi connectivity index (χ1n) is 5.83. The topological polar surface area (TPSA) is 93.5 Å². The van der Waals surface area contributed by atoms with Crippen molar-refractivity contribution in [1.29, 1.82) is 0 Å². The number of alkyl carbamates (subject to hydrolysis) is 1. The van der Waals surface area contributed by atoms with Gasteiger partial charge in [0.05, 0.1) is 0 Å². The van der Waals surface area contributed by atoms with Gasteiger partial charge in [-0.05, 0) is 31.8 Å². The summed E-state index contributed by atoms with van der Waals surface area (Å²) in [5, 5.41) is 2.33. The molecule has 0 fully saturated rings. The van der Waals surface area contributed by atoms with Gasteiger partial charge in [0, 0.05) is 0 Å². The molecule has 0 aliphatic heterocycles. The van der Waals surface area contributed by atoms with Crippen LogP contribution in [-0.2, 0) is 9.53 Å². The number of allylic oxidation sites excluding steroid dienone is 1. The molecule has 0 bridgehead atoms. The van der Waals surface area contributed by atoms with Crippen LogP contribution in [0.4, 0.5) is 4.79 Å². The van der Waals surface area contributed by atoms with Crippen molar-refractivity contribution in [3.05, 3.63) is 12.2 Å². The molecule has 1 aliphatic rings. The Morgan fingerprint density at radius 3 is 2.94 bits per heavy atom. The second kappa shape index (κ2) is 7.67. The zero-order valence-electron chi connectivity index (χ0n) is 9.78. The summed E-state index contributed by atoms with van der Waals surface area (Å²) in [4.78, 5) is 22.1. The van der Waals surface area contributed by atoms with Crippen LogP contribution in [0.2, 0.25) is 0 Å². The highest BCUT2D eigenvalue weighted by atomic mass is 16.6. The fourth-order valence-corrected chi connectivity index (χ4v) is 1.61. The lowest BCUT2D eigenvalue weighted by Gasteiger charge is -2.16. The second-order valence-electron chi connectivity index (χ2n) is 3.93. The van der Waals surface area contributed by atoms with Crippen molar-refractivity contribution in [3.8, 4) is 0 Å². The minimum Gasteiger partial charge on any atom is -0.442 e. The Bertz CT molecular complexity index is 292. The highest BCUT2D eigenvalue weighted by Crippen LogP contribution is 2.14. The second-order valence-corrected chi connectivity index (χ2v) is 3.93. The van der Waals surface area contributed by atoms with Crippen LogP contribution in [0, 0.1) is 0 Å². The van der Waals surface area contributed by atoms with Crippen LogP contribution in [0.3, 0.4) is 0 Å². The number of hydrogen-bond donors (Lipinski definition) is 3. The van der Waals surface area contributed by atoms with Crippen molar-refractivity contribution in [3.63, 3.8) is 0 Å². The molecule has 0 aromatic rings. The largest absolute Gasteiger partial charge is 0.442 e. The zero-order chi connectivity index (χ0) is 12.5. The number of carbonyl (C=O) groups excluding carboxylic acids is 2. The molecule has 0 spiro atoms. The fraction of sp³-hybridized carbons (Fsp3) is 0.636. The lowest BCUT2D eigenvalue weighted by Crippen LogP contribution is -2.41. The quantitative estimate of drug-likeness (QED) is 0.292. The third-order valence-corrected chi connectivity index (χ3v) is 2.52. The first kappa shape index (κ1) is 13.5. The first-order chi connectivity index (χ1) is 8.22. The molecule has 6 nitrogen and oxygen atoms in total. The normalized spacial score (nSPS) is 21.8. The van der Waals surface area contributed by atoms with E-state index in [2.05, 4.69) is 5.32 Å². The Labute approximate surface area is 101 Å². The average Bonchev–Trinajstić information content (AvgIpc) is 2.29. The Morgan fingerprint density at radius 2 is 2.18 bits per heavy atom. The van der Waals surface area contributed by atoms with Gasteiger partial charge < -0.3 is 10.1 Å². The molecule has 0 heterocycles. The highest BCUT2D eigenvalue weighted by Gasteiger charge is 2.12. The van der Waals surface area contributed by atoms with Crippen molar-refractivity contribution in [1.82, 2.24) is 10.7 Å². The molecule has 1 unspecified atom stereocenters. The van der Waals surface area contributed by atoms with E-state index in [4.69, 9.17) is 10.6 Å². The smallest absolute Gasteiger partial charge is 0.408 e. The molecule has 0 saturated carbocycles. The maximum absolute atomic E-state index is 11.3. The van der Waals surface area contributed by atoms with Crippen LogP contribution in [0.25, 0.3) is 0 Å². The van der Waals surface area contributed by atoms with E-state index >= 15 is 0 Å². The Morgan fingerprint density at radius 1 is 1.35 bits per heavy atom. The van der Waals surface area contributed by atoms with Crippen molar-refractivity contribution >= 4 is 12.0 Å². The first-order valence-corrected chi connectivity index (χ1v) is 5.83. The molecule has 2 amide bonds. The number of nitrogens with one attached hydrogen (secondary N) is 2. The van der Waals surface area contributed by atoms with Gasteiger partial charge in [-0.25, -0.2) is 10.6 Å². The summed E-state index contributed by atoms with van der Waals surface area (Å²) in [6.45, 7) is -0.175. The molecule has 4 N–H and O–H groups in total. The summed E-state index contributed by atoms with van der Waals surface area (Å²) < 4.78 is 5.16. The lowest BCUT2D eigenvalue weighted by molar-refractivity contribution is -0.120. The predicted octanol–water partition coefficient (Wildman–Crippen LogP) is 0.591. The number of hydrazine groups is 1. The summed E-state index contributed by atoms with van der Waals surface area (Å²) in [6.07, 6.45) is 8.38. The number of ether oxygens (including phenoxy) is 1. The van der Waals surface area contributed by atoms with E-state index in [0.717, 1.165) is 25.7 Å². The summed E-state index contributed by atoms with van der Waals surface area (Å²) >= 11 is 0. The monoisotopic (exact) mass is 241 g/mol. The summed E-state index contributed by atoms with van der Waals surface area (Å²) in [7, 11) is 0. The molecular formula is C11H19N3O3. The van der Waals surface area contributed by atoms with E-state index in [0.29, 0.717) is 0 Å². The van der Waals surface area contributed by atoms with Gasteiger partial charge in [-0.3, -0.25) is 10.2 Å². The Hall–Kier alpha value is -1.56. The van der Waals surface area contributed by atoms with Crippen molar-refractivity contribution < 1.29 is 14.3 Å². The molecule has 0 aromatic heterocycles. The average molecular weight is 241 g/mol. The van der Waals surface area contributed by atoms with Crippen molar-refractivity contribution in [2.75, 3.05) is 6.54 Å². The van der Waals surface area contributed by atoms with Crippen molar-refractivity contribution in [2.24, 2.45) is 5.84 Å². The van der Waals surface area contributed by atoms with Crippen LogP contribution in [0.5, 0.6) is 0 Å². The van der Waals surface area contributed by atoms with Crippen LogP contribution in [0.1, 0.15) is 32.1 Å². The molecule has 1 atom stereocenters. The minimum atomic E-state index is -0.594. The van der Waals surface area contributed by atoms with Crippen LogP contribution < -0.4 is 16.6 Å². The maximum atomic E-state index is 11.3. The Balaban J connectivity index is 2.28. The van der Waals surface area contributed by atoms with Crippen LogP contribution in [0.15, 0.2) is 12.2 Å². The number of hydrogen-bond acceptors (Lipinski definition) is 4. The third kappa shape index (κ3) is 5.91. The summed E-state index contributed by atoms with van der Waals surface area (Å²) in [5.41, 5.74) is 1.92. The lowest BCUT2D eigenvalue weighted by atomic mass is 10.0.